The van der Waals surface area contributed by atoms with Gasteiger partial charge in [0.15, 0.2) is 11.7 Å². The fourth-order valence-corrected chi connectivity index (χ4v) is 2.61. The Hall–Kier alpha value is -0.410. The predicted octanol–water partition coefficient (Wildman–Crippen LogP) is 3.91. The first kappa shape index (κ1) is 13.0. The molecule has 0 aromatic heterocycles. The van der Waals surface area contributed by atoms with Gasteiger partial charge in [0.2, 0.25) is 4.32 Å². The molecule has 2 aliphatic rings. The van der Waals surface area contributed by atoms with E-state index in [1.807, 2.05) is 0 Å². The van der Waals surface area contributed by atoms with Gasteiger partial charge in [-0.2, -0.15) is 26.3 Å². The second-order valence-corrected chi connectivity index (χ2v) is 4.86. The number of halogens is 10. The van der Waals surface area contributed by atoms with Gasteiger partial charge in [-0.25, -0.2) is 13.2 Å². The lowest BCUT2D eigenvalue weighted by atomic mass is 9.95. The zero-order valence-electron chi connectivity index (χ0n) is 7.28. The van der Waals surface area contributed by atoms with E-state index in [1.165, 1.54) is 15.9 Å². The molecule has 0 aromatic carbocycles. The van der Waals surface area contributed by atoms with Crippen molar-refractivity contribution < 1.29 is 39.5 Å². The molecule has 2 bridgehead atoms. The number of hydrogen-bond acceptors (Lipinski definition) is 0. The second kappa shape index (κ2) is 2.62. The summed E-state index contributed by atoms with van der Waals surface area (Å²) in [6.07, 6.45) is 0. The van der Waals surface area contributed by atoms with Crippen LogP contribution < -0.4 is 0 Å². The molecule has 2 rings (SSSR count). The molecule has 2 atom stereocenters. The minimum Gasteiger partial charge on any atom is -0.222 e. The molecule has 1 fully saturated rings. The van der Waals surface area contributed by atoms with Gasteiger partial charge in [-0.3, -0.25) is 0 Å². The maximum Gasteiger partial charge on any atom is 0.358 e. The van der Waals surface area contributed by atoms with Gasteiger partial charge in [-0.15, -0.1) is 0 Å². The summed E-state index contributed by atoms with van der Waals surface area (Å²) in [5, 5.41) is 0. The van der Waals surface area contributed by atoms with Crippen LogP contribution >= 0.6 is 15.9 Å². The third-order valence-corrected chi connectivity index (χ3v) is 4.27. The molecular weight excluding hydrogens is 335 g/mol. The summed E-state index contributed by atoms with van der Waals surface area (Å²) in [7, 11) is 0. The number of alkyl halides is 8. The molecule has 0 nitrogen and oxygen atoms in total. The Morgan fingerprint density at radius 1 is 0.647 bits per heavy atom. The third kappa shape index (κ3) is 0.784. The minimum absolute atomic E-state index is 1.35. The monoisotopic (exact) mass is 334 g/mol. The lowest BCUT2D eigenvalue weighted by Gasteiger charge is -2.32. The molecule has 98 valence electrons. The topological polar surface area (TPSA) is 0 Å². The van der Waals surface area contributed by atoms with Crippen LogP contribution in [0, 0.1) is 0 Å². The number of rotatable bonds is 0. The van der Waals surface area contributed by atoms with Crippen LogP contribution in [-0.2, 0) is 0 Å². The summed E-state index contributed by atoms with van der Waals surface area (Å²) in [6, 6.07) is 0. The standard InChI is InChI=1S/C7BrF9/c8-3-1(9)2(10)4(11,5(3,12)13)7(16,17)6(3,14)15. The van der Waals surface area contributed by atoms with Gasteiger partial charge in [-0.1, -0.05) is 15.9 Å². The van der Waals surface area contributed by atoms with Gasteiger partial charge in [0.05, 0.1) is 0 Å². The van der Waals surface area contributed by atoms with Crippen molar-refractivity contribution in [1.29, 1.82) is 0 Å². The Morgan fingerprint density at radius 2 is 1.06 bits per heavy atom. The van der Waals surface area contributed by atoms with Crippen molar-refractivity contribution in [3.8, 4) is 0 Å². The average molecular weight is 335 g/mol. The van der Waals surface area contributed by atoms with E-state index in [9.17, 15) is 39.5 Å². The molecule has 0 heterocycles. The van der Waals surface area contributed by atoms with Crippen LogP contribution in [0.5, 0.6) is 0 Å². The molecule has 2 aliphatic carbocycles. The molecule has 0 aromatic rings. The highest BCUT2D eigenvalue weighted by Gasteiger charge is 3.03. The van der Waals surface area contributed by atoms with Gasteiger partial charge in [0.25, 0.3) is 5.67 Å². The Bertz CT molecular complexity index is 403. The smallest absolute Gasteiger partial charge is 0.222 e. The Balaban J connectivity index is 2.93. The van der Waals surface area contributed by atoms with E-state index in [0.717, 1.165) is 0 Å². The maximum absolute atomic E-state index is 13.3. The Morgan fingerprint density at radius 3 is 1.35 bits per heavy atom. The van der Waals surface area contributed by atoms with Crippen LogP contribution in [0.2, 0.25) is 0 Å². The third-order valence-electron chi connectivity index (χ3n) is 2.92. The van der Waals surface area contributed by atoms with Crippen molar-refractivity contribution in [2.24, 2.45) is 0 Å². The highest BCUT2D eigenvalue weighted by Crippen LogP contribution is 2.78. The largest absolute Gasteiger partial charge is 0.358 e. The van der Waals surface area contributed by atoms with E-state index in [4.69, 9.17) is 0 Å². The predicted molar refractivity (Wildman–Crippen MR) is 39.6 cm³/mol. The Kier molecular flexibility index (Phi) is 2.01. The highest BCUT2D eigenvalue weighted by molar-refractivity contribution is 9.10. The van der Waals surface area contributed by atoms with Crippen LogP contribution in [0.1, 0.15) is 0 Å². The van der Waals surface area contributed by atoms with E-state index in [1.54, 1.807) is 0 Å². The van der Waals surface area contributed by atoms with Crippen molar-refractivity contribution in [2.45, 2.75) is 27.8 Å². The van der Waals surface area contributed by atoms with Gasteiger partial charge >= 0.3 is 17.8 Å². The SMILES string of the molecule is FC1=C(F)C2(Br)C(F)(F)C(F)(F)C1(F)C2(F)F. The second-order valence-electron chi connectivity index (χ2n) is 3.67. The molecule has 17 heavy (non-hydrogen) atoms. The van der Waals surface area contributed by atoms with Crippen molar-refractivity contribution in [3.05, 3.63) is 11.7 Å². The highest BCUT2D eigenvalue weighted by atomic mass is 79.9. The molecule has 0 radical (unpaired) electrons. The lowest BCUT2D eigenvalue weighted by molar-refractivity contribution is -0.250. The van der Waals surface area contributed by atoms with Crippen molar-refractivity contribution >= 4 is 15.9 Å². The molecular formula is C7BrF9. The molecule has 0 amide bonds. The summed E-state index contributed by atoms with van der Waals surface area (Å²) in [5.41, 5.74) is -5.70. The van der Waals surface area contributed by atoms with Crippen LogP contribution in [-0.4, -0.2) is 27.8 Å². The first-order valence-electron chi connectivity index (χ1n) is 3.89. The molecule has 0 saturated heterocycles. The quantitative estimate of drug-likeness (QED) is 0.465. The van der Waals surface area contributed by atoms with Crippen LogP contribution in [0.4, 0.5) is 39.5 Å². The molecule has 10 heteroatoms. The van der Waals surface area contributed by atoms with Gasteiger partial charge < -0.3 is 0 Å². The average Bonchev–Trinajstić information content (AvgIpc) is 2.33. The van der Waals surface area contributed by atoms with Crippen molar-refractivity contribution in [1.82, 2.24) is 0 Å². The van der Waals surface area contributed by atoms with E-state index in [0.29, 0.717) is 0 Å². The van der Waals surface area contributed by atoms with E-state index < -0.39 is 39.4 Å². The fraction of sp³-hybridized carbons (Fsp3) is 0.714. The molecule has 0 spiro atoms. The molecule has 2 unspecified atom stereocenters. The summed E-state index contributed by atoms with van der Waals surface area (Å²) in [5.74, 6) is -23.7. The summed E-state index contributed by atoms with van der Waals surface area (Å²) >= 11 is 1.35. The molecule has 0 aliphatic heterocycles. The fourth-order valence-electron chi connectivity index (χ4n) is 1.92. The van der Waals surface area contributed by atoms with Crippen LogP contribution in [0.15, 0.2) is 11.7 Å². The van der Waals surface area contributed by atoms with E-state index in [2.05, 4.69) is 0 Å². The van der Waals surface area contributed by atoms with Crippen LogP contribution in [0.25, 0.3) is 0 Å². The Labute approximate surface area is 95.6 Å². The summed E-state index contributed by atoms with van der Waals surface area (Å²) < 4.78 is 112. The van der Waals surface area contributed by atoms with E-state index >= 15 is 0 Å². The van der Waals surface area contributed by atoms with Gasteiger partial charge in [0, 0.05) is 0 Å². The zero-order valence-corrected chi connectivity index (χ0v) is 8.87. The first-order chi connectivity index (χ1) is 7.32. The van der Waals surface area contributed by atoms with Gasteiger partial charge in [-0.05, 0) is 0 Å². The van der Waals surface area contributed by atoms with Crippen LogP contribution in [0.3, 0.4) is 0 Å². The van der Waals surface area contributed by atoms with Crippen molar-refractivity contribution in [2.75, 3.05) is 0 Å². The number of hydrogen-bond donors (Lipinski definition) is 0. The molecule has 0 N–H and O–H groups in total. The number of fused-ring (bicyclic) bond motifs is 2. The lowest BCUT2D eigenvalue weighted by Crippen LogP contribution is -2.56. The summed E-state index contributed by atoms with van der Waals surface area (Å²) in [4.78, 5) is 0. The molecule has 1 saturated carbocycles. The normalized spacial score (nSPS) is 45.5. The van der Waals surface area contributed by atoms with Gasteiger partial charge in [0.1, 0.15) is 0 Å². The summed E-state index contributed by atoms with van der Waals surface area (Å²) in [6.45, 7) is 0. The first-order valence-corrected chi connectivity index (χ1v) is 4.68. The maximum atomic E-state index is 13.3. The van der Waals surface area contributed by atoms with Crippen molar-refractivity contribution in [3.63, 3.8) is 0 Å². The zero-order chi connectivity index (χ0) is 13.7. The number of allylic oxidation sites excluding steroid dienone is 2. The van der Waals surface area contributed by atoms with E-state index in [-0.39, 0.29) is 0 Å². The minimum atomic E-state index is -6.08.